The Morgan fingerprint density at radius 3 is 2.67 bits per heavy atom. The van der Waals surface area contributed by atoms with Crippen LogP contribution in [-0.2, 0) is 9.53 Å². The number of hydrogen-bond acceptors (Lipinski definition) is 5. The molecule has 0 bridgehead atoms. The van der Waals surface area contributed by atoms with E-state index in [4.69, 9.17) is 4.74 Å². The molecule has 0 aromatic heterocycles. The highest BCUT2D eigenvalue weighted by Crippen LogP contribution is 2.23. The highest BCUT2D eigenvalue weighted by molar-refractivity contribution is 5.75. The summed E-state index contributed by atoms with van der Waals surface area (Å²) in [5, 5.41) is 10.6. The van der Waals surface area contributed by atoms with Crippen molar-refractivity contribution in [1.82, 2.24) is 0 Å². The normalized spacial score (nSPS) is 10.8. The molecule has 0 saturated heterocycles. The minimum Gasteiger partial charge on any atom is -0.492 e. The van der Waals surface area contributed by atoms with Crippen LogP contribution < -0.4 is 4.74 Å². The van der Waals surface area contributed by atoms with Crippen LogP contribution in [0.2, 0.25) is 0 Å². The lowest BCUT2D eigenvalue weighted by atomic mass is 9.95. The first-order chi connectivity index (χ1) is 8.36. The highest BCUT2D eigenvalue weighted by atomic mass is 16.6. The number of nitrogens with zero attached hydrogens (tertiary/aromatic N) is 1. The molecule has 0 aliphatic carbocycles. The second-order valence-corrected chi connectivity index (χ2v) is 4.42. The lowest BCUT2D eigenvalue weighted by molar-refractivity contribution is -0.384. The molecule has 0 fully saturated rings. The van der Waals surface area contributed by atoms with Crippen LogP contribution in [0.15, 0.2) is 24.3 Å². The zero-order valence-electron chi connectivity index (χ0n) is 10.5. The Morgan fingerprint density at radius 2 is 2.11 bits per heavy atom. The molecule has 18 heavy (non-hydrogen) atoms. The zero-order chi connectivity index (χ0) is 13.8. The molecule has 6 heteroatoms. The van der Waals surface area contributed by atoms with Crippen LogP contribution in [0.1, 0.15) is 13.8 Å². The molecular weight excluding hydrogens is 238 g/mol. The van der Waals surface area contributed by atoms with Gasteiger partial charge in [-0.15, -0.1) is 0 Å². The summed E-state index contributed by atoms with van der Waals surface area (Å²) in [4.78, 5) is 21.5. The molecule has 1 aromatic rings. The number of non-ortho nitro benzene ring substituents is 1. The van der Waals surface area contributed by atoms with E-state index in [-0.39, 0.29) is 12.3 Å². The van der Waals surface area contributed by atoms with Gasteiger partial charge in [0.15, 0.2) is 0 Å². The quantitative estimate of drug-likeness (QED) is 0.456. The van der Waals surface area contributed by atoms with Gasteiger partial charge in [0.25, 0.3) is 5.69 Å². The van der Waals surface area contributed by atoms with Crippen molar-refractivity contribution in [1.29, 1.82) is 0 Å². The summed E-state index contributed by atoms with van der Waals surface area (Å²) in [5.41, 5.74) is -0.859. The molecule has 0 aliphatic rings. The lowest BCUT2D eigenvalue weighted by Crippen LogP contribution is -2.32. The van der Waals surface area contributed by atoms with Crippen LogP contribution in [0.3, 0.4) is 0 Å². The topological polar surface area (TPSA) is 78.7 Å². The summed E-state index contributed by atoms with van der Waals surface area (Å²) in [6, 6.07) is 5.81. The average molecular weight is 253 g/mol. The van der Waals surface area contributed by atoms with E-state index in [9.17, 15) is 14.9 Å². The number of rotatable bonds is 5. The molecule has 0 atom stereocenters. The molecule has 0 aliphatic heterocycles. The zero-order valence-corrected chi connectivity index (χ0v) is 10.5. The first-order valence-electron chi connectivity index (χ1n) is 5.32. The van der Waals surface area contributed by atoms with E-state index in [0.717, 1.165) is 0 Å². The monoisotopic (exact) mass is 253 g/mol. The molecule has 0 heterocycles. The second kappa shape index (κ2) is 5.48. The highest BCUT2D eigenvalue weighted by Gasteiger charge is 2.29. The van der Waals surface area contributed by atoms with Crippen LogP contribution in [0, 0.1) is 15.5 Å². The number of ether oxygens (including phenoxy) is 2. The molecule has 0 unspecified atom stereocenters. The van der Waals surface area contributed by atoms with Gasteiger partial charge in [0.05, 0.1) is 23.5 Å². The Labute approximate surface area is 105 Å². The molecule has 6 nitrogen and oxygen atoms in total. The van der Waals surface area contributed by atoms with Gasteiger partial charge in [-0.1, -0.05) is 6.07 Å². The van der Waals surface area contributed by atoms with Crippen molar-refractivity contribution in [2.75, 3.05) is 13.7 Å². The smallest absolute Gasteiger partial charge is 0.314 e. The van der Waals surface area contributed by atoms with Gasteiger partial charge in [0.2, 0.25) is 0 Å². The van der Waals surface area contributed by atoms with Crippen molar-refractivity contribution in [2.24, 2.45) is 5.41 Å². The minimum absolute atomic E-state index is 0.0524. The van der Waals surface area contributed by atoms with Crippen LogP contribution in [0.25, 0.3) is 0 Å². The third-order valence-electron chi connectivity index (χ3n) is 2.37. The number of nitro benzene ring substituents is 1. The van der Waals surface area contributed by atoms with Crippen molar-refractivity contribution >= 4 is 11.7 Å². The average Bonchev–Trinajstić information content (AvgIpc) is 2.35. The van der Waals surface area contributed by atoms with Gasteiger partial charge in [-0.05, 0) is 19.9 Å². The summed E-state index contributed by atoms with van der Waals surface area (Å²) in [5.74, 6) is -0.0471. The lowest BCUT2D eigenvalue weighted by Gasteiger charge is -2.21. The third-order valence-corrected chi connectivity index (χ3v) is 2.37. The summed E-state index contributed by atoms with van der Waals surface area (Å²) in [6.07, 6.45) is 0. The van der Waals surface area contributed by atoms with Gasteiger partial charge >= 0.3 is 5.97 Å². The molecule has 1 aromatic carbocycles. The van der Waals surface area contributed by atoms with Crippen molar-refractivity contribution in [3.8, 4) is 5.75 Å². The van der Waals surface area contributed by atoms with Gasteiger partial charge in [0, 0.05) is 6.07 Å². The molecule has 0 spiro atoms. The second-order valence-electron chi connectivity index (χ2n) is 4.42. The summed E-state index contributed by atoms with van der Waals surface area (Å²) in [6.45, 7) is 3.44. The predicted octanol–water partition coefficient (Wildman–Crippen LogP) is 2.17. The van der Waals surface area contributed by atoms with Gasteiger partial charge in [0.1, 0.15) is 12.4 Å². The van der Waals surface area contributed by atoms with E-state index in [1.54, 1.807) is 19.9 Å². The number of carbonyl (C=O) groups excluding carboxylic acids is 1. The number of esters is 1. The third kappa shape index (κ3) is 3.44. The maximum absolute atomic E-state index is 11.4. The van der Waals surface area contributed by atoms with Crippen LogP contribution in [0.4, 0.5) is 5.69 Å². The molecule has 0 saturated carbocycles. The number of methoxy groups -OCH3 is 1. The molecule has 98 valence electrons. The SMILES string of the molecule is COC(=O)C(C)(C)COc1cccc([N+](=O)[O-])c1. The fourth-order valence-corrected chi connectivity index (χ4v) is 1.29. The van der Waals surface area contributed by atoms with Crippen molar-refractivity contribution in [2.45, 2.75) is 13.8 Å². The van der Waals surface area contributed by atoms with Crippen molar-refractivity contribution in [3.63, 3.8) is 0 Å². The maximum atomic E-state index is 11.4. The van der Waals surface area contributed by atoms with E-state index < -0.39 is 16.3 Å². The fourth-order valence-electron chi connectivity index (χ4n) is 1.29. The van der Waals surface area contributed by atoms with E-state index in [1.807, 2.05) is 0 Å². The van der Waals surface area contributed by atoms with E-state index in [2.05, 4.69) is 4.74 Å². The Morgan fingerprint density at radius 1 is 1.44 bits per heavy atom. The first-order valence-corrected chi connectivity index (χ1v) is 5.32. The van der Waals surface area contributed by atoms with Crippen LogP contribution in [0.5, 0.6) is 5.75 Å². The summed E-state index contributed by atoms with van der Waals surface area (Å²) < 4.78 is 10.0. The van der Waals surface area contributed by atoms with E-state index in [0.29, 0.717) is 5.75 Å². The molecule has 1 rings (SSSR count). The Bertz CT molecular complexity index is 456. The van der Waals surface area contributed by atoms with E-state index in [1.165, 1.54) is 25.3 Å². The van der Waals surface area contributed by atoms with Gasteiger partial charge in [-0.3, -0.25) is 14.9 Å². The summed E-state index contributed by atoms with van der Waals surface area (Å²) in [7, 11) is 1.30. The van der Waals surface area contributed by atoms with Crippen LogP contribution >= 0.6 is 0 Å². The van der Waals surface area contributed by atoms with Gasteiger partial charge in [-0.25, -0.2) is 0 Å². The predicted molar refractivity (Wildman–Crippen MR) is 64.4 cm³/mol. The Hall–Kier alpha value is -2.11. The number of hydrogen-bond donors (Lipinski definition) is 0. The summed E-state index contributed by atoms with van der Waals surface area (Å²) >= 11 is 0. The van der Waals surface area contributed by atoms with Gasteiger partial charge in [-0.2, -0.15) is 0 Å². The number of benzene rings is 1. The molecular formula is C12H15NO5. The van der Waals surface area contributed by atoms with E-state index >= 15 is 0 Å². The number of nitro groups is 1. The standard InChI is InChI=1S/C12H15NO5/c1-12(2,11(14)17-3)8-18-10-6-4-5-9(7-10)13(15)16/h4-7H,8H2,1-3H3. The first kappa shape index (κ1) is 14.0. The molecule has 0 N–H and O–H groups in total. The largest absolute Gasteiger partial charge is 0.492 e. The number of carbonyl (C=O) groups is 1. The van der Waals surface area contributed by atoms with Crippen LogP contribution in [-0.4, -0.2) is 24.6 Å². The Kier molecular flexibility index (Phi) is 4.25. The van der Waals surface area contributed by atoms with Crippen molar-refractivity contribution in [3.05, 3.63) is 34.4 Å². The minimum atomic E-state index is -0.806. The van der Waals surface area contributed by atoms with Gasteiger partial charge < -0.3 is 9.47 Å². The fraction of sp³-hybridized carbons (Fsp3) is 0.417. The maximum Gasteiger partial charge on any atom is 0.314 e. The van der Waals surface area contributed by atoms with Crippen molar-refractivity contribution < 1.29 is 19.2 Å². The Balaban J connectivity index is 2.72. The molecule has 0 amide bonds. The molecule has 0 radical (unpaired) electrons.